The fourth-order valence-electron chi connectivity index (χ4n) is 4.91. The van der Waals surface area contributed by atoms with Crippen LogP contribution in [0.15, 0.2) is 36.8 Å². The van der Waals surface area contributed by atoms with E-state index in [9.17, 15) is 0 Å². The van der Waals surface area contributed by atoms with Gasteiger partial charge in [0.05, 0.1) is 5.60 Å². The number of hydrogen-bond donors (Lipinski definition) is 0. The van der Waals surface area contributed by atoms with Gasteiger partial charge in [0.1, 0.15) is 0 Å². The predicted octanol–water partition coefficient (Wildman–Crippen LogP) is 4.09. The fraction of sp³-hybridized carbons (Fsp3) is 0.625. The average Bonchev–Trinajstić information content (AvgIpc) is 2.34. The smallest absolute Gasteiger partial charge is 0.265 e. The summed E-state index contributed by atoms with van der Waals surface area (Å²) in [7, 11) is -2.11. The van der Waals surface area contributed by atoms with E-state index in [0.29, 0.717) is 0 Å². The van der Waals surface area contributed by atoms with Crippen LogP contribution in [0.5, 0.6) is 0 Å². The molecule has 4 aliphatic carbocycles. The van der Waals surface area contributed by atoms with Crippen molar-refractivity contribution in [2.24, 2.45) is 17.8 Å². The lowest BCUT2D eigenvalue weighted by atomic mass is 9.54. The normalized spacial score (nSPS) is 41.7. The van der Waals surface area contributed by atoms with E-state index in [-0.39, 0.29) is 5.60 Å². The quantitative estimate of drug-likeness (QED) is 0.676. The highest BCUT2D eigenvalue weighted by Gasteiger charge is 2.53. The van der Waals surface area contributed by atoms with Gasteiger partial charge < -0.3 is 4.43 Å². The van der Waals surface area contributed by atoms with Crippen molar-refractivity contribution in [2.75, 3.05) is 0 Å². The summed E-state index contributed by atoms with van der Waals surface area (Å²) in [6.07, 6.45) is 8.16. The minimum absolute atomic E-state index is 0.136. The largest absolute Gasteiger partial charge is 0.400 e. The Labute approximate surface area is 112 Å². The molecule has 98 valence electrons. The van der Waals surface area contributed by atoms with Crippen LogP contribution < -0.4 is 0 Å². The molecular weight excluding hydrogens is 236 g/mol. The summed E-state index contributed by atoms with van der Waals surface area (Å²) in [5.74, 6) is 2.76. The third-order valence-electron chi connectivity index (χ3n) is 5.33. The minimum atomic E-state index is -2.11. The Bertz CT molecular complexity index is 327. The lowest BCUT2D eigenvalue weighted by Crippen LogP contribution is -2.56. The van der Waals surface area contributed by atoms with Gasteiger partial charge in [0.2, 0.25) is 0 Å². The molecule has 0 saturated heterocycles. The van der Waals surface area contributed by atoms with Gasteiger partial charge >= 0.3 is 0 Å². The molecule has 4 aliphatic rings. The highest BCUT2D eigenvalue weighted by atomic mass is 28.4. The summed E-state index contributed by atoms with van der Waals surface area (Å²) in [6.45, 7) is 11.9. The molecular formula is C16H24OSi. The molecule has 0 amide bonds. The van der Waals surface area contributed by atoms with Crippen LogP contribution in [-0.2, 0) is 4.43 Å². The van der Waals surface area contributed by atoms with E-state index in [0.717, 1.165) is 17.8 Å². The molecule has 4 rings (SSSR count). The van der Waals surface area contributed by atoms with Crippen molar-refractivity contribution in [3.63, 3.8) is 0 Å². The second kappa shape index (κ2) is 4.21. The average molecular weight is 260 g/mol. The molecule has 4 bridgehead atoms. The van der Waals surface area contributed by atoms with Gasteiger partial charge in [-0.25, -0.2) is 0 Å². The van der Waals surface area contributed by atoms with Crippen LogP contribution in [0.1, 0.15) is 38.5 Å². The third kappa shape index (κ3) is 1.86. The molecule has 0 spiro atoms. The highest BCUT2D eigenvalue weighted by Crippen LogP contribution is 2.57. The first-order valence-electron chi connectivity index (χ1n) is 7.23. The van der Waals surface area contributed by atoms with E-state index >= 15 is 0 Å². The molecule has 18 heavy (non-hydrogen) atoms. The topological polar surface area (TPSA) is 9.23 Å². The van der Waals surface area contributed by atoms with E-state index < -0.39 is 8.32 Å². The lowest BCUT2D eigenvalue weighted by Gasteiger charge is -2.58. The molecule has 0 aromatic heterocycles. The summed E-state index contributed by atoms with van der Waals surface area (Å²) < 4.78 is 6.67. The standard InChI is InChI=1S/C16H24OSi/c1-4-18(5-2,6-3)17-16-10-13-7-14(11-16)9-15(8-13)12-16/h4-6,13-15H,1-3,7-12H2. The minimum Gasteiger partial charge on any atom is -0.400 e. The van der Waals surface area contributed by atoms with Crippen molar-refractivity contribution in [3.05, 3.63) is 36.8 Å². The summed E-state index contributed by atoms with van der Waals surface area (Å²) in [6, 6.07) is 0. The molecule has 4 saturated carbocycles. The van der Waals surface area contributed by atoms with Gasteiger partial charge in [-0.05, 0) is 56.3 Å². The zero-order valence-electron chi connectivity index (χ0n) is 11.2. The van der Waals surface area contributed by atoms with Gasteiger partial charge in [0.15, 0.2) is 0 Å². The molecule has 4 fully saturated rings. The second-order valence-electron chi connectivity index (χ2n) is 6.67. The van der Waals surface area contributed by atoms with E-state index in [2.05, 4.69) is 19.7 Å². The lowest BCUT2D eigenvalue weighted by molar-refractivity contribution is -0.110. The summed E-state index contributed by atoms with van der Waals surface area (Å²) in [5.41, 5.74) is 6.07. The summed E-state index contributed by atoms with van der Waals surface area (Å²) in [5, 5.41) is 0. The molecule has 0 aromatic rings. The van der Waals surface area contributed by atoms with Gasteiger partial charge in [-0.3, -0.25) is 0 Å². The zero-order chi connectivity index (χ0) is 12.8. The van der Waals surface area contributed by atoms with Crippen LogP contribution >= 0.6 is 0 Å². The Balaban J connectivity index is 1.85. The first kappa shape index (κ1) is 12.4. The molecule has 0 atom stereocenters. The van der Waals surface area contributed by atoms with Crippen LogP contribution in [0.25, 0.3) is 0 Å². The van der Waals surface area contributed by atoms with Crippen molar-refractivity contribution >= 4 is 8.32 Å². The van der Waals surface area contributed by atoms with Gasteiger partial charge in [-0.1, -0.05) is 17.1 Å². The SMILES string of the molecule is C=C[Si](C=C)(C=C)OC12CC3CC(CC(C3)C1)C2. The number of hydrogen-bond acceptors (Lipinski definition) is 1. The molecule has 0 radical (unpaired) electrons. The zero-order valence-corrected chi connectivity index (χ0v) is 12.2. The third-order valence-corrected chi connectivity index (χ3v) is 8.03. The van der Waals surface area contributed by atoms with Crippen molar-refractivity contribution in [1.29, 1.82) is 0 Å². The van der Waals surface area contributed by atoms with Crippen LogP contribution in [0.2, 0.25) is 0 Å². The monoisotopic (exact) mass is 260 g/mol. The predicted molar refractivity (Wildman–Crippen MR) is 78.3 cm³/mol. The van der Waals surface area contributed by atoms with Gasteiger partial charge in [-0.15, -0.1) is 19.7 Å². The molecule has 0 N–H and O–H groups in total. The maximum atomic E-state index is 6.67. The summed E-state index contributed by atoms with van der Waals surface area (Å²) >= 11 is 0. The van der Waals surface area contributed by atoms with Crippen molar-refractivity contribution in [3.8, 4) is 0 Å². The van der Waals surface area contributed by atoms with E-state index in [4.69, 9.17) is 4.43 Å². The second-order valence-corrected chi connectivity index (χ2v) is 9.80. The van der Waals surface area contributed by atoms with Crippen LogP contribution in [0.3, 0.4) is 0 Å². The van der Waals surface area contributed by atoms with Crippen LogP contribution in [0, 0.1) is 17.8 Å². The van der Waals surface area contributed by atoms with E-state index in [1.54, 1.807) is 0 Å². The fourth-order valence-corrected chi connectivity index (χ4v) is 6.66. The van der Waals surface area contributed by atoms with E-state index in [1.165, 1.54) is 38.5 Å². The summed E-state index contributed by atoms with van der Waals surface area (Å²) in [4.78, 5) is 0. The molecule has 2 heteroatoms. The van der Waals surface area contributed by atoms with Crippen LogP contribution in [0.4, 0.5) is 0 Å². The molecule has 0 aromatic carbocycles. The Morgan fingerprint density at radius 1 is 0.833 bits per heavy atom. The highest BCUT2D eigenvalue weighted by molar-refractivity contribution is 6.87. The molecule has 0 heterocycles. The Morgan fingerprint density at radius 2 is 1.22 bits per heavy atom. The first-order valence-corrected chi connectivity index (χ1v) is 9.37. The van der Waals surface area contributed by atoms with Crippen LogP contribution in [-0.4, -0.2) is 13.9 Å². The van der Waals surface area contributed by atoms with E-state index in [1.807, 2.05) is 17.1 Å². The van der Waals surface area contributed by atoms with Gasteiger partial charge in [-0.2, -0.15) is 0 Å². The molecule has 0 aliphatic heterocycles. The van der Waals surface area contributed by atoms with Crippen molar-refractivity contribution < 1.29 is 4.43 Å². The van der Waals surface area contributed by atoms with Crippen molar-refractivity contribution in [2.45, 2.75) is 44.1 Å². The maximum Gasteiger partial charge on any atom is 0.265 e. The number of rotatable bonds is 5. The molecule has 0 unspecified atom stereocenters. The Hall–Kier alpha value is -0.603. The van der Waals surface area contributed by atoms with Gasteiger partial charge in [0.25, 0.3) is 8.32 Å². The van der Waals surface area contributed by atoms with Crippen molar-refractivity contribution in [1.82, 2.24) is 0 Å². The maximum absolute atomic E-state index is 6.67. The van der Waals surface area contributed by atoms with Gasteiger partial charge in [0, 0.05) is 0 Å². The molecule has 1 nitrogen and oxygen atoms in total. The first-order chi connectivity index (χ1) is 8.62. The Morgan fingerprint density at radius 3 is 1.56 bits per heavy atom. The Kier molecular flexibility index (Phi) is 2.91.